The van der Waals surface area contributed by atoms with Crippen LogP contribution >= 0.6 is 22.9 Å². The molecule has 0 aliphatic carbocycles. The largest absolute Gasteiger partial charge is 0.276 e. The number of nitrogens with one attached hydrogen (secondary N) is 1. The van der Waals surface area contributed by atoms with Crippen LogP contribution in [0.5, 0.6) is 0 Å². The second kappa shape index (κ2) is 6.31. The van der Waals surface area contributed by atoms with E-state index in [0.29, 0.717) is 15.6 Å². The van der Waals surface area contributed by atoms with E-state index in [4.69, 9.17) is 11.6 Å². The first-order valence-electron chi connectivity index (χ1n) is 6.48. The van der Waals surface area contributed by atoms with Crippen LogP contribution in [0.2, 0.25) is 4.34 Å². The molecule has 0 radical (unpaired) electrons. The van der Waals surface area contributed by atoms with E-state index in [-0.39, 0.29) is 16.6 Å². The summed E-state index contributed by atoms with van der Waals surface area (Å²) in [4.78, 5) is 0. The van der Waals surface area contributed by atoms with Gasteiger partial charge in [0, 0.05) is 11.8 Å². The highest BCUT2D eigenvalue weighted by atomic mass is 35.5. The zero-order chi connectivity index (χ0) is 16.4. The van der Waals surface area contributed by atoms with Gasteiger partial charge >= 0.3 is 0 Å². The van der Waals surface area contributed by atoms with Gasteiger partial charge in [0.1, 0.15) is 10.0 Å². The zero-order valence-electron chi connectivity index (χ0n) is 11.6. The Balaban J connectivity index is 1.76. The molecule has 0 saturated heterocycles. The number of thiophene rings is 1. The molecule has 0 spiro atoms. The van der Waals surface area contributed by atoms with Gasteiger partial charge < -0.3 is 0 Å². The molecule has 0 atom stereocenters. The van der Waals surface area contributed by atoms with Crippen molar-refractivity contribution in [3.63, 3.8) is 0 Å². The molecule has 0 saturated carbocycles. The Bertz CT molecular complexity index is 937. The first-order valence-corrected chi connectivity index (χ1v) is 9.16. The summed E-state index contributed by atoms with van der Waals surface area (Å²) in [7, 11) is -3.70. The fraction of sp³-hybridized carbons (Fsp3) is 0.0714. The van der Waals surface area contributed by atoms with Crippen molar-refractivity contribution in [1.29, 1.82) is 0 Å². The minimum Gasteiger partial charge on any atom is -0.276 e. The molecule has 0 bridgehead atoms. The third-order valence-corrected chi connectivity index (χ3v) is 6.09. The van der Waals surface area contributed by atoms with Crippen LogP contribution < -0.4 is 4.72 Å². The van der Waals surface area contributed by atoms with Crippen LogP contribution in [0.4, 0.5) is 10.1 Å². The van der Waals surface area contributed by atoms with Crippen molar-refractivity contribution in [1.82, 2.24) is 9.78 Å². The van der Waals surface area contributed by atoms with Crippen molar-refractivity contribution in [3.8, 4) is 0 Å². The molecule has 0 aliphatic heterocycles. The standard InChI is InChI=1S/C14H11ClFN3O2S2/c15-13-5-6-14(22-13)23(20,21)18-11-7-17-19(9-11)8-10-3-1-2-4-12(10)16/h1-7,9,18H,8H2. The van der Waals surface area contributed by atoms with Crippen LogP contribution in [0.25, 0.3) is 0 Å². The molecule has 0 fully saturated rings. The fourth-order valence-electron chi connectivity index (χ4n) is 1.95. The number of rotatable bonds is 5. The molecule has 0 amide bonds. The molecule has 2 aromatic heterocycles. The van der Waals surface area contributed by atoms with Crippen LogP contribution in [-0.2, 0) is 16.6 Å². The first-order chi connectivity index (χ1) is 10.9. The van der Waals surface area contributed by atoms with E-state index in [9.17, 15) is 12.8 Å². The van der Waals surface area contributed by atoms with Crippen LogP contribution in [0, 0.1) is 5.82 Å². The quantitative estimate of drug-likeness (QED) is 0.745. The Morgan fingerprint density at radius 3 is 2.74 bits per heavy atom. The van der Waals surface area contributed by atoms with Gasteiger partial charge in [-0.1, -0.05) is 29.8 Å². The first kappa shape index (κ1) is 16.0. The molecule has 3 aromatic rings. The van der Waals surface area contributed by atoms with Gasteiger partial charge in [-0.15, -0.1) is 11.3 Å². The molecule has 23 heavy (non-hydrogen) atoms. The smallest absolute Gasteiger partial charge is 0.271 e. The summed E-state index contributed by atoms with van der Waals surface area (Å²) < 4.78 is 42.3. The summed E-state index contributed by atoms with van der Waals surface area (Å²) in [6.07, 6.45) is 2.87. The topological polar surface area (TPSA) is 64.0 Å². The van der Waals surface area contributed by atoms with Gasteiger partial charge in [-0.25, -0.2) is 12.8 Å². The summed E-state index contributed by atoms with van der Waals surface area (Å²) in [5, 5.41) is 4.04. The van der Waals surface area contributed by atoms with Crippen molar-refractivity contribution in [2.45, 2.75) is 10.8 Å². The molecule has 3 rings (SSSR count). The van der Waals surface area contributed by atoms with E-state index in [1.165, 1.54) is 35.3 Å². The lowest BCUT2D eigenvalue weighted by Crippen LogP contribution is -2.10. The zero-order valence-corrected chi connectivity index (χ0v) is 14.0. The second-order valence-corrected chi connectivity index (χ2v) is 8.31. The summed E-state index contributed by atoms with van der Waals surface area (Å²) in [6.45, 7) is 0.208. The van der Waals surface area contributed by atoms with E-state index >= 15 is 0 Å². The van der Waals surface area contributed by atoms with Gasteiger partial charge in [-0.2, -0.15) is 5.10 Å². The lowest BCUT2D eigenvalue weighted by Gasteiger charge is -2.04. The van der Waals surface area contributed by atoms with Crippen molar-refractivity contribution >= 4 is 38.6 Å². The minimum atomic E-state index is -3.70. The number of benzene rings is 1. The second-order valence-electron chi connectivity index (χ2n) is 4.68. The summed E-state index contributed by atoms with van der Waals surface area (Å²) in [5.74, 6) is -0.335. The monoisotopic (exact) mass is 371 g/mol. The van der Waals surface area contributed by atoms with Gasteiger partial charge in [0.15, 0.2) is 0 Å². The predicted molar refractivity (Wildman–Crippen MR) is 87.9 cm³/mol. The van der Waals surface area contributed by atoms with Crippen molar-refractivity contribution in [2.24, 2.45) is 0 Å². The molecule has 120 valence electrons. The van der Waals surface area contributed by atoms with Crippen LogP contribution in [0.1, 0.15) is 5.56 Å². The highest BCUT2D eigenvalue weighted by Gasteiger charge is 2.17. The molecule has 9 heteroatoms. The van der Waals surface area contributed by atoms with Crippen molar-refractivity contribution in [3.05, 3.63) is 64.5 Å². The average molecular weight is 372 g/mol. The summed E-state index contributed by atoms with van der Waals surface area (Å²) in [5.41, 5.74) is 0.765. The SMILES string of the molecule is O=S(=O)(Nc1cnn(Cc2ccccc2F)c1)c1ccc(Cl)s1. The van der Waals surface area contributed by atoms with Crippen LogP contribution in [0.15, 0.2) is 53.0 Å². The number of sulfonamides is 1. The Hall–Kier alpha value is -1.90. The maximum atomic E-state index is 13.6. The van der Waals surface area contributed by atoms with E-state index in [1.807, 2.05) is 0 Å². The maximum absolute atomic E-state index is 13.6. The highest BCUT2D eigenvalue weighted by molar-refractivity contribution is 7.94. The lowest BCUT2D eigenvalue weighted by atomic mass is 10.2. The van der Waals surface area contributed by atoms with Gasteiger partial charge in [0.05, 0.1) is 22.8 Å². The predicted octanol–water partition coefficient (Wildman–Crippen LogP) is 3.59. The Labute approximate surface area is 141 Å². The van der Waals surface area contributed by atoms with Gasteiger partial charge in [0.2, 0.25) is 0 Å². The number of hydrogen-bond donors (Lipinski definition) is 1. The average Bonchev–Trinajstić information content (AvgIpc) is 3.11. The maximum Gasteiger partial charge on any atom is 0.271 e. The third-order valence-electron chi connectivity index (χ3n) is 2.99. The molecule has 5 nitrogen and oxygen atoms in total. The number of anilines is 1. The summed E-state index contributed by atoms with van der Waals surface area (Å²) >= 11 is 6.72. The number of nitrogens with zero attached hydrogens (tertiary/aromatic N) is 2. The van der Waals surface area contributed by atoms with E-state index in [2.05, 4.69) is 9.82 Å². The van der Waals surface area contributed by atoms with E-state index < -0.39 is 10.0 Å². The third kappa shape index (κ3) is 3.72. The van der Waals surface area contributed by atoms with E-state index in [1.54, 1.807) is 18.2 Å². The van der Waals surface area contributed by atoms with Crippen molar-refractivity contribution < 1.29 is 12.8 Å². The minimum absolute atomic E-state index is 0.115. The molecule has 0 unspecified atom stereocenters. The normalized spacial score (nSPS) is 11.6. The molecular weight excluding hydrogens is 361 g/mol. The molecular formula is C14H11ClFN3O2S2. The summed E-state index contributed by atoms with van der Waals surface area (Å²) in [6, 6.07) is 9.29. The number of aromatic nitrogens is 2. The molecule has 2 heterocycles. The number of hydrogen-bond acceptors (Lipinski definition) is 4. The Morgan fingerprint density at radius 1 is 1.26 bits per heavy atom. The van der Waals surface area contributed by atoms with Crippen molar-refractivity contribution in [2.75, 3.05) is 4.72 Å². The highest BCUT2D eigenvalue weighted by Crippen LogP contribution is 2.27. The Morgan fingerprint density at radius 2 is 2.04 bits per heavy atom. The Kier molecular flexibility index (Phi) is 4.38. The lowest BCUT2D eigenvalue weighted by molar-refractivity contribution is 0.585. The van der Waals surface area contributed by atoms with E-state index in [0.717, 1.165) is 11.3 Å². The van der Waals surface area contributed by atoms with Crippen LogP contribution in [-0.4, -0.2) is 18.2 Å². The fourth-order valence-corrected chi connectivity index (χ4v) is 4.46. The van der Waals surface area contributed by atoms with Gasteiger partial charge in [-0.3, -0.25) is 9.40 Å². The van der Waals surface area contributed by atoms with Gasteiger partial charge in [0.25, 0.3) is 10.0 Å². The molecule has 0 aliphatic rings. The molecule has 1 aromatic carbocycles. The van der Waals surface area contributed by atoms with Gasteiger partial charge in [-0.05, 0) is 18.2 Å². The molecule has 1 N–H and O–H groups in total. The van der Waals surface area contributed by atoms with Crippen LogP contribution in [0.3, 0.4) is 0 Å². The number of halogens is 2.